The lowest BCUT2D eigenvalue weighted by Crippen LogP contribution is -2.00. The number of benzene rings is 2. The van der Waals surface area contributed by atoms with Gasteiger partial charge >= 0.3 is 5.97 Å². The van der Waals surface area contributed by atoms with Gasteiger partial charge in [-0.15, -0.1) is 0 Å². The van der Waals surface area contributed by atoms with E-state index in [1.165, 1.54) is 0 Å². The first-order valence-electron chi connectivity index (χ1n) is 6.75. The summed E-state index contributed by atoms with van der Waals surface area (Å²) in [6.07, 6.45) is -0.0678. The third kappa shape index (κ3) is 2.65. The summed E-state index contributed by atoms with van der Waals surface area (Å²) in [5.41, 5.74) is 3.30. The number of nitrogens with one attached hydrogen (secondary N) is 1. The van der Waals surface area contributed by atoms with Crippen LogP contribution in [0.3, 0.4) is 0 Å². The Kier molecular flexibility index (Phi) is 3.77. The smallest absolute Gasteiger partial charge is 0.307 e. The zero-order valence-electron chi connectivity index (χ0n) is 11.9. The Morgan fingerprint density at radius 2 is 1.95 bits per heavy atom. The summed E-state index contributed by atoms with van der Waals surface area (Å²) in [5, 5.41) is 10.6. The Morgan fingerprint density at radius 1 is 1.23 bits per heavy atom. The van der Waals surface area contributed by atoms with Crippen LogP contribution in [0.1, 0.15) is 5.56 Å². The fraction of sp³-hybridized carbons (Fsp3) is 0.118. The van der Waals surface area contributed by atoms with E-state index in [1.54, 1.807) is 19.2 Å². The van der Waals surface area contributed by atoms with Crippen molar-refractivity contribution in [1.82, 2.24) is 4.98 Å². The first kappa shape index (κ1) is 14.5. The molecule has 1 aromatic heterocycles. The number of aromatic amines is 1. The fourth-order valence-electron chi connectivity index (χ4n) is 2.56. The van der Waals surface area contributed by atoms with E-state index in [0.717, 1.165) is 33.5 Å². The normalized spacial score (nSPS) is 10.8. The van der Waals surface area contributed by atoms with E-state index in [0.29, 0.717) is 5.02 Å². The van der Waals surface area contributed by atoms with Gasteiger partial charge in [-0.05, 0) is 53.6 Å². The number of ether oxygens (including phenoxy) is 1. The first-order valence-corrected chi connectivity index (χ1v) is 7.12. The van der Waals surface area contributed by atoms with Gasteiger partial charge in [-0.2, -0.15) is 0 Å². The van der Waals surface area contributed by atoms with Crippen molar-refractivity contribution in [1.29, 1.82) is 0 Å². The van der Waals surface area contributed by atoms with Crippen molar-refractivity contribution in [3.05, 3.63) is 53.1 Å². The predicted molar refractivity (Wildman–Crippen MR) is 86.6 cm³/mol. The molecule has 112 valence electrons. The molecule has 0 atom stereocenters. The highest BCUT2D eigenvalue weighted by Crippen LogP contribution is 2.33. The molecule has 4 nitrogen and oxygen atoms in total. The number of aliphatic carboxylic acids is 1. The van der Waals surface area contributed by atoms with Gasteiger partial charge in [0.05, 0.1) is 19.2 Å². The van der Waals surface area contributed by atoms with Crippen LogP contribution in [0.4, 0.5) is 0 Å². The number of carbonyl (C=O) groups is 1. The van der Waals surface area contributed by atoms with E-state index in [1.807, 2.05) is 30.3 Å². The average molecular weight is 316 g/mol. The average Bonchev–Trinajstić information content (AvgIpc) is 2.85. The summed E-state index contributed by atoms with van der Waals surface area (Å²) in [6.45, 7) is 0. The van der Waals surface area contributed by atoms with Gasteiger partial charge in [0.25, 0.3) is 0 Å². The van der Waals surface area contributed by atoms with Gasteiger partial charge in [0.2, 0.25) is 0 Å². The number of halogens is 1. The summed E-state index contributed by atoms with van der Waals surface area (Å²) in [5.74, 6) is -0.127. The highest BCUT2D eigenvalue weighted by molar-refractivity contribution is 6.31. The van der Waals surface area contributed by atoms with Crippen molar-refractivity contribution in [2.75, 3.05) is 7.11 Å². The van der Waals surface area contributed by atoms with Crippen LogP contribution in [0.15, 0.2) is 42.5 Å². The van der Waals surface area contributed by atoms with Gasteiger partial charge in [0.1, 0.15) is 5.75 Å². The lowest BCUT2D eigenvalue weighted by molar-refractivity contribution is -0.136. The topological polar surface area (TPSA) is 62.3 Å². The van der Waals surface area contributed by atoms with Crippen molar-refractivity contribution in [2.45, 2.75) is 6.42 Å². The lowest BCUT2D eigenvalue weighted by atomic mass is 10.0. The molecule has 0 bridgehead atoms. The molecule has 0 aliphatic rings. The summed E-state index contributed by atoms with van der Waals surface area (Å²) in [4.78, 5) is 14.5. The minimum atomic E-state index is -0.879. The van der Waals surface area contributed by atoms with Crippen LogP contribution in [0.2, 0.25) is 5.02 Å². The number of hydrogen-bond donors (Lipinski definition) is 2. The molecule has 0 unspecified atom stereocenters. The molecule has 0 saturated carbocycles. The quantitative estimate of drug-likeness (QED) is 0.761. The number of methoxy groups -OCH3 is 1. The summed E-state index contributed by atoms with van der Waals surface area (Å²) < 4.78 is 5.15. The highest BCUT2D eigenvalue weighted by atomic mass is 35.5. The van der Waals surface area contributed by atoms with Gasteiger partial charge in [-0.3, -0.25) is 4.79 Å². The molecule has 0 aliphatic heterocycles. The molecule has 5 heteroatoms. The zero-order chi connectivity index (χ0) is 15.7. The van der Waals surface area contributed by atoms with Crippen LogP contribution in [0, 0.1) is 0 Å². The van der Waals surface area contributed by atoms with E-state index in [-0.39, 0.29) is 6.42 Å². The minimum absolute atomic E-state index is 0.0678. The number of H-pyrrole nitrogens is 1. The number of carboxylic acid groups (broad SMARTS) is 1. The van der Waals surface area contributed by atoms with Gasteiger partial charge in [-0.25, -0.2) is 0 Å². The monoisotopic (exact) mass is 315 g/mol. The van der Waals surface area contributed by atoms with Crippen molar-refractivity contribution < 1.29 is 14.6 Å². The third-order valence-corrected chi connectivity index (χ3v) is 3.81. The molecular weight excluding hydrogens is 302 g/mol. The fourth-order valence-corrected chi connectivity index (χ4v) is 2.73. The SMILES string of the molecule is COc1ccc(-c2[nH]c3ccc(Cl)cc3c2CC(=O)O)cc1. The van der Waals surface area contributed by atoms with Crippen LogP contribution in [-0.2, 0) is 11.2 Å². The van der Waals surface area contributed by atoms with Crippen LogP contribution in [0.25, 0.3) is 22.2 Å². The van der Waals surface area contributed by atoms with Crippen LogP contribution < -0.4 is 4.74 Å². The number of aromatic nitrogens is 1. The van der Waals surface area contributed by atoms with E-state index < -0.39 is 5.97 Å². The Labute approximate surface area is 132 Å². The first-order chi connectivity index (χ1) is 10.6. The Balaban J connectivity index is 2.20. The van der Waals surface area contributed by atoms with Gasteiger partial charge in [0.15, 0.2) is 0 Å². The van der Waals surface area contributed by atoms with E-state index in [4.69, 9.17) is 16.3 Å². The molecule has 22 heavy (non-hydrogen) atoms. The number of fused-ring (bicyclic) bond motifs is 1. The number of rotatable bonds is 4. The Bertz CT molecular complexity index is 837. The molecule has 3 aromatic rings. The molecule has 1 heterocycles. The summed E-state index contributed by atoms with van der Waals surface area (Å²) in [7, 11) is 1.61. The lowest BCUT2D eigenvalue weighted by Gasteiger charge is -2.05. The minimum Gasteiger partial charge on any atom is -0.497 e. The second-order valence-corrected chi connectivity index (χ2v) is 5.40. The molecule has 0 fully saturated rings. The Hall–Kier alpha value is -2.46. The van der Waals surface area contributed by atoms with Crippen LogP contribution >= 0.6 is 11.6 Å². The van der Waals surface area contributed by atoms with E-state index in [2.05, 4.69) is 4.98 Å². The second kappa shape index (κ2) is 5.73. The largest absolute Gasteiger partial charge is 0.497 e. The van der Waals surface area contributed by atoms with Crippen molar-refractivity contribution in [3.8, 4) is 17.0 Å². The molecule has 0 amide bonds. The van der Waals surface area contributed by atoms with Gasteiger partial charge in [0, 0.05) is 15.9 Å². The maximum atomic E-state index is 11.2. The maximum Gasteiger partial charge on any atom is 0.307 e. The highest BCUT2D eigenvalue weighted by Gasteiger charge is 2.16. The van der Waals surface area contributed by atoms with Gasteiger partial charge in [-0.1, -0.05) is 11.6 Å². The molecular formula is C17H14ClNO3. The maximum absolute atomic E-state index is 11.2. The van der Waals surface area contributed by atoms with Crippen LogP contribution in [0.5, 0.6) is 5.75 Å². The van der Waals surface area contributed by atoms with Gasteiger partial charge < -0.3 is 14.8 Å². The molecule has 3 rings (SSSR count). The summed E-state index contributed by atoms with van der Waals surface area (Å²) in [6, 6.07) is 12.9. The molecule has 0 spiro atoms. The molecule has 0 saturated heterocycles. The molecule has 2 aromatic carbocycles. The third-order valence-electron chi connectivity index (χ3n) is 3.57. The predicted octanol–water partition coefficient (Wildman–Crippen LogP) is 4.12. The number of hydrogen-bond acceptors (Lipinski definition) is 2. The second-order valence-electron chi connectivity index (χ2n) is 4.97. The van der Waals surface area contributed by atoms with E-state index in [9.17, 15) is 9.90 Å². The van der Waals surface area contributed by atoms with E-state index >= 15 is 0 Å². The zero-order valence-corrected chi connectivity index (χ0v) is 12.6. The molecule has 0 radical (unpaired) electrons. The molecule has 2 N–H and O–H groups in total. The Morgan fingerprint density at radius 3 is 2.59 bits per heavy atom. The standard InChI is InChI=1S/C17H14ClNO3/c1-22-12-5-2-10(3-6-12)17-14(9-16(20)21)13-8-11(18)4-7-15(13)19-17/h2-8,19H,9H2,1H3,(H,20,21). The van der Waals surface area contributed by atoms with Crippen LogP contribution in [-0.4, -0.2) is 23.2 Å². The van der Waals surface area contributed by atoms with Crippen molar-refractivity contribution in [3.63, 3.8) is 0 Å². The van der Waals surface area contributed by atoms with Crippen molar-refractivity contribution >= 4 is 28.5 Å². The molecule has 0 aliphatic carbocycles. The number of carboxylic acids is 1. The van der Waals surface area contributed by atoms with Crippen molar-refractivity contribution in [2.24, 2.45) is 0 Å². The summed E-state index contributed by atoms with van der Waals surface area (Å²) >= 11 is 6.04.